The number of hydrogen-bond acceptors (Lipinski definition) is 4. The summed E-state index contributed by atoms with van der Waals surface area (Å²) >= 11 is 0. The van der Waals surface area contributed by atoms with Crippen LogP contribution in [0.2, 0.25) is 0 Å². The molecule has 2 atom stereocenters. The van der Waals surface area contributed by atoms with Gasteiger partial charge in [-0.2, -0.15) is 4.31 Å². The Bertz CT molecular complexity index is 1620. The van der Waals surface area contributed by atoms with Gasteiger partial charge in [0.15, 0.2) is 0 Å². The molecule has 0 saturated carbocycles. The molecule has 4 aromatic carbocycles. The van der Waals surface area contributed by atoms with E-state index < -0.39 is 27.6 Å². The van der Waals surface area contributed by atoms with E-state index in [1.54, 1.807) is 24.3 Å². The predicted octanol–water partition coefficient (Wildman–Crippen LogP) is 6.29. The zero-order valence-corrected chi connectivity index (χ0v) is 24.1. The summed E-state index contributed by atoms with van der Waals surface area (Å²) in [5.74, 6) is 5.85. The van der Waals surface area contributed by atoms with Crippen molar-refractivity contribution in [3.05, 3.63) is 150 Å². The molecule has 41 heavy (non-hydrogen) atoms. The minimum absolute atomic E-state index is 0.0312. The predicted molar refractivity (Wildman–Crippen MR) is 162 cm³/mol. The lowest BCUT2D eigenvalue weighted by molar-refractivity contribution is -0.157. The second-order valence-corrected chi connectivity index (χ2v) is 11.6. The van der Waals surface area contributed by atoms with E-state index in [2.05, 4.69) is 18.4 Å². The summed E-state index contributed by atoms with van der Waals surface area (Å²) in [6, 6.07) is 33.7. The third-order valence-corrected chi connectivity index (χ3v) is 8.59. The van der Waals surface area contributed by atoms with Gasteiger partial charge in [-0.3, -0.25) is 4.79 Å². The summed E-state index contributed by atoms with van der Waals surface area (Å²) in [6.45, 7) is 7.05. The molecule has 0 aliphatic rings. The number of aryl methyl sites for hydroxylation is 1. The molecule has 0 spiro atoms. The molecule has 0 heterocycles. The quantitative estimate of drug-likeness (QED) is 0.129. The van der Waals surface area contributed by atoms with Crippen molar-refractivity contribution < 1.29 is 17.9 Å². The number of esters is 1. The summed E-state index contributed by atoms with van der Waals surface area (Å²) in [5.41, 5.74) is 1.40. The van der Waals surface area contributed by atoms with E-state index >= 15 is 0 Å². The first-order valence-corrected chi connectivity index (χ1v) is 14.8. The van der Waals surface area contributed by atoms with Gasteiger partial charge in [-0.05, 0) is 49.1 Å². The van der Waals surface area contributed by atoms with Crippen molar-refractivity contribution in [2.75, 3.05) is 6.54 Å². The van der Waals surface area contributed by atoms with Crippen molar-refractivity contribution in [3.8, 4) is 11.8 Å². The maximum Gasteiger partial charge on any atom is 0.304 e. The van der Waals surface area contributed by atoms with Crippen LogP contribution >= 0.6 is 0 Å². The zero-order chi connectivity index (χ0) is 29.3. The maximum absolute atomic E-state index is 14.4. The average molecular weight is 564 g/mol. The van der Waals surface area contributed by atoms with Crippen LogP contribution in [0.1, 0.15) is 29.2 Å². The van der Waals surface area contributed by atoms with Crippen LogP contribution in [0.25, 0.3) is 0 Å². The minimum Gasteiger partial charge on any atom is -0.440 e. The van der Waals surface area contributed by atoms with Crippen molar-refractivity contribution >= 4 is 16.0 Å². The Kier molecular flexibility index (Phi) is 9.57. The molecule has 0 aliphatic heterocycles. The SMILES string of the molecule is C=CCN(C(Cc1ccccc1)C(C#Cc1ccccc1)(OC(C)=O)c1ccccc1)S(=O)(=O)c1ccc(C)cc1. The average Bonchev–Trinajstić information content (AvgIpc) is 2.98. The molecule has 0 bridgehead atoms. The van der Waals surface area contributed by atoms with E-state index in [1.807, 2.05) is 97.9 Å². The number of nitrogens with zero attached hydrogens (tertiary/aromatic N) is 1. The van der Waals surface area contributed by atoms with Gasteiger partial charge in [0.25, 0.3) is 0 Å². The summed E-state index contributed by atoms with van der Waals surface area (Å²) in [5, 5.41) is 0. The molecule has 208 valence electrons. The largest absolute Gasteiger partial charge is 0.440 e. The first-order chi connectivity index (χ1) is 19.8. The van der Waals surface area contributed by atoms with Crippen molar-refractivity contribution in [3.63, 3.8) is 0 Å². The molecule has 4 aromatic rings. The highest BCUT2D eigenvalue weighted by atomic mass is 32.2. The molecule has 5 nitrogen and oxygen atoms in total. The third-order valence-electron chi connectivity index (χ3n) is 6.70. The molecule has 0 aromatic heterocycles. The highest BCUT2D eigenvalue weighted by molar-refractivity contribution is 7.89. The maximum atomic E-state index is 14.4. The van der Waals surface area contributed by atoms with Crippen LogP contribution in [0.15, 0.2) is 133 Å². The van der Waals surface area contributed by atoms with E-state index in [0.717, 1.165) is 11.1 Å². The number of carbonyl (C=O) groups excluding carboxylic acids is 1. The fourth-order valence-corrected chi connectivity index (χ4v) is 6.36. The molecule has 2 unspecified atom stereocenters. The topological polar surface area (TPSA) is 63.7 Å². The number of ether oxygens (including phenoxy) is 1. The van der Waals surface area contributed by atoms with E-state index in [9.17, 15) is 13.2 Å². The number of carbonyl (C=O) groups is 1. The molecular formula is C35H33NO4S. The van der Waals surface area contributed by atoms with Gasteiger partial charge in [-0.15, -0.1) is 6.58 Å². The highest BCUT2D eigenvalue weighted by Crippen LogP contribution is 2.37. The summed E-state index contributed by atoms with van der Waals surface area (Å²) in [6.07, 6.45) is 1.75. The van der Waals surface area contributed by atoms with Crippen LogP contribution in [0.5, 0.6) is 0 Å². The Labute approximate surface area is 243 Å². The van der Waals surface area contributed by atoms with E-state index in [1.165, 1.54) is 17.3 Å². The Balaban J connectivity index is 2.05. The van der Waals surface area contributed by atoms with Crippen LogP contribution in [0.3, 0.4) is 0 Å². The van der Waals surface area contributed by atoms with Gasteiger partial charge in [0.2, 0.25) is 15.6 Å². The van der Waals surface area contributed by atoms with Crippen molar-refractivity contribution in [1.82, 2.24) is 4.31 Å². The molecule has 4 rings (SSSR count). The van der Waals surface area contributed by atoms with Crippen molar-refractivity contribution in [1.29, 1.82) is 0 Å². The second kappa shape index (κ2) is 13.3. The Morgan fingerprint density at radius 3 is 2.02 bits per heavy atom. The summed E-state index contributed by atoms with van der Waals surface area (Å²) in [4.78, 5) is 13.0. The first kappa shape index (κ1) is 29.5. The van der Waals surface area contributed by atoms with E-state index in [-0.39, 0.29) is 17.9 Å². The number of hydrogen-bond donors (Lipinski definition) is 0. The first-order valence-electron chi connectivity index (χ1n) is 13.3. The normalized spacial score (nSPS) is 13.3. The molecule has 0 fully saturated rings. The molecule has 0 amide bonds. The molecule has 0 saturated heterocycles. The Morgan fingerprint density at radius 1 is 0.902 bits per heavy atom. The molecule has 0 radical (unpaired) electrons. The highest BCUT2D eigenvalue weighted by Gasteiger charge is 2.49. The molecule has 0 aliphatic carbocycles. The van der Waals surface area contributed by atoms with Crippen molar-refractivity contribution in [2.45, 2.75) is 36.8 Å². The minimum atomic E-state index is -4.11. The lowest BCUT2D eigenvalue weighted by Gasteiger charge is -2.42. The summed E-state index contributed by atoms with van der Waals surface area (Å²) < 4.78 is 36.3. The fourth-order valence-electron chi connectivity index (χ4n) is 4.75. The van der Waals surface area contributed by atoms with Crippen molar-refractivity contribution in [2.24, 2.45) is 0 Å². The van der Waals surface area contributed by atoms with Gasteiger partial charge in [0.05, 0.1) is 10.9 Å². The number of benzene rings is 4. The van der Waals surface area contributed by atoms with Crippen LogP contribution in [0, 0.1) is 18.8 Å². The Hall–Kier alpha value is -4.44. The van der Waals surface area contributed by atoms with Crippen LogP contribution in [0.4, 0.5) is 0 Å². The lowest BCUT2D eigenvalue weighted by atomic mass is 9.82. The van der Waals surface area contributed by atoms with E-state index in [4.69, 9.17) is 4.74 Å². The molecular weight excluding hydrogens is 530 g/mol. The van der Waals surface area contributed by atoms with Gasteiger partial charge in [0.1, 0.15) is 0 Å². The Morgan fingerprint density at radius 2 is 1.46 bits per heavy atom. The standard InChI is InChI=1S/C35H33NO4S/c1-4-26-36(41(38,39)33-22-20-28(2)21-23-33)34(27-31-16-10-6-11-17-31)35(40-29(3)37,32-18-12-7-13-19-32)25-24-30-14-8-5-9-15-30/h4-23,34H,1,26-27H2,2-3H3. The van der Waals surface area contributed by atoms with Gasteiger partial charge in [-0.25, -0.2) is 8.42 Å². The number of sulfonamides is 1. The van der Waals surface area contributed by atoms with E-state index in [0.29, 0.717) is 11.1 Å². The zero-order valence-electron chi connectivity index (χ0n) is 23.2. The van der Waals surface area contributed by atoms with Crippen LogP contribution in [-0.4, -0.2) is 31.3 Å². The lowest BCUT2D eigenvalue weighted by Crippen LogP contribution is -2.55. The van der Waals surface area contributed by atoms with Gasteiger partial charge in [0, 0.05) is 24.6 Å². The van der Waals surface area contributed by atoms with Crippen LogP contribution in [-0.2, 0) is 31.6 Å². The molecule has 0 N–H and O–H groups in total. The van der Waals surface area contributed by atoms with Gasteiger partial charge < -0.3 is 4.74 Å². The third kappa shape index (κ3) is 7.01. The van der Waals surface area contributed by atoms with Gasteiger partial charge >= 0.3 is 5.97 Å². The second-order valence-electron chi connectivity index (χ2n) is 9.69. The molecule has 6 heteroatoms. The van der Waals surface area contributed by atoms with Gasteiger partial charge in [-0.1, -0.05) is 109 Å². The number of rotatable bonds is 10. The monoisotopic (exact) mass is 563 g/mol. The van der Waals surface area contributed by atoms with Crippen LogP contribution < -0.4 is 0 Å². The summed E-state index contributed by atoms with van der Waals surface area (Å²) in [7, 11) is -4.11. The fraction of sp³-hybridized carbons (Fsp3) is 0.171. The smallest absolute Gasteiger partial charge is 0.304 e.